The Morgan fingerprint density at radius 3 is 2.44 bits per heavy atom. The number of piperidine rings is 1. The van der Waals surface area contributed by atoms with E-state index in [0.29, 0.717) is 23.1 Å². The second-order valence-corrected chi connectivity index (χ2v) is 8.58. The summed E-state index contributed by atoms with van der Waals surface area (Å²) < 4.78 is 29.2. The molecule has 1 saturated heterocycles. The Bertz CT molecular complexity index is 1160. The van der Waals surface area contributed by atoms with E-state index < -0.39 is 23.8 Å². The van der Waals surface area contributed by atoms with Gasteiger partial charge in [-0.3, -0.25) is 24.1 Å². The largest absolute Gasteiger partial charge is 0.349 e. The number of halogens is 2. The quantitative estimate of drug-likeness (QED) is 0.660. The normalized spacial score (nSPS) is 18.4. The zero-order chi connectivity index (χ0) is 24.6. The molecule has 2 aliphatic rings. The first-order chi connectivity index (χ1) is 16.1. The molecule has 0 aromatic heterocycles. The second-order valence-electron chi connectivity index (χ2n) is 8.58. The molecule has 1 unspecified atom stereocenters. The molecule has 0 radical (unpaired) electrons. The number of amides is 4. The summed E-state index contributed by atoms with van der Waals surface area (Å²) in [6.07, 6.45) is 1.15. The summed E-state index contributed by atoms with van der Waals surface area (Å²) in [4.78, 5) is 51.8. The summed E-state index contributed by atoms with van der Waals surface area (Å²) in [6.45, 7) is 1.95. The molecule has 1 atom stereocenters. The van der Waals surface area contributed by atoms with Gasteiger partial charge in [0, 0.05) is 37.7 Å². The van der Waals surface area contributed by atoms with E-state index in [2.05, 4.69) is 5.32 Å². The zero-order valence-corrected chi connectivity index (χ0v) is 18.9. The lowest BCUT2D eigenvalue weighted by atomic mass is 10.0. The lowest BCUT2D eigenvalue weighted by Gasteiger charge is -2.33. The van der Waals surface area contributed by atoms with Gasteiger partial charge in [-0.25, -0.2) is 0 Å². The fourth-order valence-electron chi connectivity index (χ4n) is 4.32. The third-order valence-corrected chi connectivity index (χ3v) is 6.46. The van der Waals surface area contributed by atoms with Crippen LogP contribution < -0.4 is 5.32 Å². The van der Waals surface area contributed by atoms with Gasteiger partial charge in [-0.1, -0.05) is 43.3 Å². The van der Waals surface area contributed by atoms with Crippen LogP contribution in [0.3, 0.4) is 0 Å². The van der Waals surface area contributed by atoms with Crippen LogP contribution >= 0.6 is 0 Å². The van der Waals surface area contributed by atoms with Gasteiger partial charge in [0.25, 0.3) is 17.7 Å². The van der Waals surface area contributed by atoms with Gasteiger partial charge in [0.05, 0.1) is 0 Å². The standard InChI is InChI=1S/C25H25F2N3O4/c1-3-15-4-7-18(8-5-15)25(26,27)24(34)28-13-16-6-9-19-17(12-16)14-30(22(19)32)20-10-11-21(31)29(2)23(20)33/h4-9,12,20H,3,10-11,13-14H2,1-2H3,(H,28,34). The lowest BCUT2D eigenvalue weighted by Crippen LogP contribution is -2.53. The molecule has 34 heavy (non-hydrogen) atoms. The molecule has 2 heterocycles. The molecular formula is C25H25F2N3O4. The van der Waals surface area contributed by atoms with Crippen LogP contribution in [0, 0.1) is 0 Å². The van der Waals surface area contributed by atoms with Crippen LogP contribution in [0.4, 0.5) is 8.78 Å². The van der Waals surface area contributed by atoms with Crippen molar-refractivity contribution in [2.45, 2.75) is 51.2 Å². The summed E-state index contributed by atoms with van der Waals surface area (Å²) in [7, 11) is 1.40. The van der Waals surface area contributed by atoms with Crippen molar-refractivity contribution in [2.24, 2.45) is 0 Å². The van der Waals surface area contributed by atoms with Crippen LogP contribution in [0.25, 0.3) is 0 Å². The van der Waals surface area contributed by atoms with Crippen LogP contribution in [0.1, 0.15) is 52.4 Å². The Balaban J connectivity index is 1.43. The Kier molecular flexibility index (Phi) is 6.20. The number of alkyl halides is 2. The number of aryl methyl sites for hydroxylation is 1. The maximum atomic E-state index is 14.6. The number of rotatable bonds is 6. The van der Waals surface area contributed by atoms with Gasteiger partial charge in [-0.2, -0.15) is 8.78 Å². The van der Waals surface area contributed by atoms with Crippen molar-refractivity contribution >= 4 is 23.6 Å². The molecule has 2 aromatic carbocycles. The number of likely N-dealkylation sites (tertiary alicyclic amines) is 1. The molecule has 9 heteroatoms. The first kappa shape index (κ1) is 23.5. The van der Waals surface area contributed by atoms with Crippen molar-refractivity contribution in [1.82, 2.24) is 15.1 Å². The first-order valence-corrected chi connectivity index (χ1v) is 11.1. The second kappa shape index (κ2) is 8.96. The van der Waals surface area contributed by atoms with Gasteiger partial charge >= 0.3 is 5.92 Å². The maximum absolute atomic E-state index is 14.6. The molecule has 2 aromatic rings. The summed E-state index contributed by atoms with van der Waals surface area (Å²) in [5.41, 5.74) is 2.14. The fraction of sp³-hybridized carbons (Fsp3) is 0.360. The number of carbonyl (C=O) groups is 4. The average Bonchev–Trinajstić information content (AvgIpc) is 3.16. The molecule has 4 rings (SSSR count). The van der Waals surface area contributed by atoms with E-state index in [9.17, 15) is 28.0 Å². The van der Waals surface area contributed by atoms with Crippen LogP contribution in [0.5, 0.6) is 0 Å². The highest BCUT2D eigenvalue weighted by atomic mass is 19.3. The van der Waals surface area contributed by atoms with Crippen molar-refractivity contribution in [3.8, 4) is 0 Å². The van der Waals surface area contributed by atoms with Gasteiger partial charge in [0.2, 0.25) is 5.91 Å². The minimum Gasteiger partial charge on any atom is -0.346 e. The van der Waals surface area contributed by atoms with Crippen molar-refractivity contribution < 1.29 is 28.0 Å². The van der Waals surface area contributed by atoms with E-state index in [0.717, 1.165) is 10.5 Å². The van der Waals surface area contributed by atoms with Gasteiger partial charge in [-0.15, -0.1) is 0 Å². The van der Waals surface area contributed by atoms with Gasteiger partial charge < -0.3 is 10.2 Å². The summed E-state index contributed by atoms with van der Waals surface area (Å²) in [5, 5.41) is 2.28. The SMILES string of the molecule is CCc1ccc(C(F)(F)C(=O)NCc2ccc3c(c2)CN(C2CCC(=O)N(C)C2=O)C3=O)cc1. The van der Waals surface area contributed by atoms with Crippen LogP contribution in [0.2, 0.25) is 0 Å². The Hall–Kier alpha value is -3.62. The van der Waals surface area contributed by atoms with E-state index in [1.165, 1.54) is 24.1 Å². The average molecular weight is 469 g/mol. The Morgan fingerprint density at radius 1 is 1.09 bits per heavy atom. The third kappa shape index (κ3) is 4.18. The van der Waals surface area contributed by atoms with E-state index in [4.69, 9.17) is 0 Å². The van der Waals surface area contributed by atoms with Crippen molar-refractivity contribution in [2.75, 3.05) is 7.05 Å². The predicted octanol–water partition coefficient (Wildman–Crippen LogP) is 2.76. The molecule has 178 valence electrons. The number of imide groups is 1. The predicted molar refractivity (Wildman–Crippen MR) is 119 cm³/mol. The monoisotopic (exact) mass is 469 g/mol. The summed E-state index contributed by atoms with van der Waals surface area (Å²) >= 11 is 0. The van der Waals surface area contributed by atoms with E-state index >= 15 is 0 Å². The highest BCUT2D eigenvalue weighted by Gasteiger charge is 2.42. The molecule has 0 saturated carbocycles. The van der Waals surface area contributed by atoms with Gasteiger partial charge in [0.1, 0.15) is 6.04 Å². The molecule has 0 bridgehead atoms. The number of nitrogens with one attached hydrogen (secondary N) is 1. The van der Waals surface area contributed by atoms with E-state index in [1.807, 2.05) is 6.92 Å². The van der Waals surface area contributed by atoms with Crippen molar-refractivity contribution in [3.05, 3.63) is 70.3 Å². The van der Waals surface area contributed by atoms with Gasteiger partial charge in [0.15, 0.2) is 0 Å². The number of hydrogen-bond acceptors (Lipinski definition) is 4. The molecule has 0 spiro atoms. The Labute approximate surface area is 195 Å². The molecule has 1 fully saturated rings. The summed E-state index contributed by atoms with van der Waals surface area (Å²) in [5.74, 6) is -6.09. The van der Waals surface area contributed by atoms with Crippen LogP contribution in [-0.2, 0) is 39.8 Å². The zero-order valence-electron chi connectivity index (χ0n) is 18.9. The lowest BCUT2D eigenvalue weighted by molar-refractivity contribution is -0.150. The number of benzene rings is 2. The summed E-state index contributed by atoms with van der Waals surface area (Å²) in [6, 6.07) is 9.77. The maximum Gasteiger partial charge on any atom is 0.349 e. The highest BCUT2D eigenvalue weighted by Crippen LogP contribution is 2.31. The molecular weight excluding hydrogens is 444 g/mol. The minimum atomic E-state index is -3.68. The van der Waals surface area contributed by atoms with Crippen molar-refractivity contribution in [3.63, 3.8) is 0 Å². The van der Waals surface area contributed by atoms with Crippen molar-refractivity contribution in [1.29, 1.82) is 0 Å². The fourth-order valence-corrected chi connectivity index (χ4v) is 4.32. The Morgan fingerprint density at radius 2 is 1.76 bits per heavy atom. The highest BCUT2D eigenvalue weighted by molar-refractivity contribution is 6.05. The molecule has 4 amide bonds. The first-order valence-electron chi connectivity index (χ1n) is 11.1. The smallest absolute Gasteiger partial charge is 0.346 e. The molecule has 1 N–H and O–H groups in total. The molecule has 2 aliphatic heterocycles. The van der Waals surface area contributed by atoms with E-state index in [-0.39, 0.29) is 43.3 Å². The van der Waals surface area contributed by atoms with Crippen LogP contribution in [0.15, 0.2) is 42.5 Å². The number of carbonyl (C=O) groups excluding carboxylic acids is 4. The number of fused-ring (bicyclic) bond motifs is 1. The van der Waals surface area contributed by atoms with Crippen LogP contribution in [-0.4, -0.2) is 46.5 Å². The van der Waals surface area contributed by atoms with E-state index in [1.54, 1.807) is 30.3 Å². The van der Waals surface area contributed by atoms with Gasteiger partial charge in [-0.05, 0) is 35.6 Å². The topological polar surface area (TPSA) is 86.8 Å². The number of likely N-dealkylation sites (N-methyl/N-ethyl adjacent to an activating group) is 1. The molecule has 0 aliphatic carbocycles. The third-order valence-electron chi connectivity index (χ3n) is 6.46. The number of nitrogens with zero attached hydrogens (tertiary/aromatic N) is 2. The molecule has 7 nitrogen and oxygen atoms in total. The minimum absolute atomic E-state index is 0.136. The number of hydrogen-bond donors (Lipinski definition) is 1.